The molecule has 0 atom stereocenters. The number of rotatable bonds is 5. The van der Waals surface area contributed by atoms with E-state index in [2.05, 4.69) is 22.3 Å². The van der Waals surface area contributed by atoms with Crippen molar-refractivity contribution in [2.24, 2.45) is 0 Å². The van der Waals surface area contributed by atoms with E-state index in [1.54, 1.807) is 11.0 Å². The Balaban J connectivity index is 1.33. The first-order chi connectivity index (χ1) is 15.4. The van der Waals surface area contributed by atoms with E-state index >= 15 is 0 Å². The number of carbonyl (C=O) groups is 1. The molecule has 4 rings (SSSR count). The van der Waals surface area contributed by atoms with Crippen LogP contribution < -0.4 is 5.32 Å². The first-order valence-corrected chi connectivity index (χ1v) is 11.8. The topological polar surface area (TPSA) is 78.7 Å². The lowest BCUT2D eigenvalue weighted by atomic mass is 10.1. The monoisotopic (exact) mass is 488 g/mol. The van der Waals surface area contributed by atoms with Crippen molar-refractivity contribution < 1.29 is 9.72 Å². The van der Waals surface area contributed by atoms with Gasteiger partial charge in [-0.3, -0.25) is 14.9 Å². The third kappa shape index (κ3) is 4.85. The molecule has 1 aromatic heterocycles. The number of non-ortho nitro benzene ring substituents is 1. The molecule has 10 heteroatoms. The molecule has 1 aliphatic rings. The normalized spacial score (nSPS) is 13.9. The molecule has 1 fully saturated rings. The van der Waals surface area contributed by atoms with E-state index in [0.717, 1.165) is 13.0 Å². The van der Waals surface area contributed by atoms with Gasteiger partial charge in [0.1, 0.15) is 4.88 Å². The molecule has 1 N–H and O–H groups in total. The zero-order chi connectivity index (χ0) is 22.7. The third-order valence-corrected chi connectivity index (χ3v) is 7.45. The van der Waals surface area contributed by atoms with E-state index in [4.69, 9.17) is 23.8 Å². The fraction of sp³-hybridized carbons (Fsp3) is 0.273. The van der Waals surface area contributed by atoms with Gasteiger partial charge in [0.15, 0.2) is 5.11 Å². The first kappa shape index (κ1) is 22.4. The lowest BCUT2D eigenvalue weighted by molar-refractivity contribution is -0.384. The van der Waals surface area contributed by atoms with Gasteiger partial charge in [0.25, 0.3) is 11.6 Å². The molecule has 0 spiro atoms. The minimum absolute atomic E-state index is 0.0173. The number of fused-ring (bicyclic) bond motifs is 1. The number of nitro groups is 1. The molecule has 166 valence electrons. The van der Waals surface area contributed by atoms with Crippen molar-refractivity contribution in [3.63, 3.8) is 0 Å². The van der Waals surface area contributed by atoms with Crippen LogP contribution in [-0.2, 0) is 6.42 Å². The van der Waals surface area contributed by atoms with Crippen LogP contribution in [0.15, 0.2) is 48.5 Å². The lowest BCUT2D eigenvalue weighted by Gasteiger charge is -2.36. The van der Waals surface area contributed by atoms with Gasteiger partial charge in [-0.1, -0.05) is 41.9 Å². The summed E-state index contributed by atoms with van der Waals surface area (Å²) in [6.07, 6.45) is 0.891. The van der Waals surface area contributed by atoms with Gasteiger partial charge in [-0.15, -0.1) is 11.3 Å². The van der Waals surface area contributed by atoms with Crippen LogP contribution >= 0.6 is 35.2 Å². The van der Waals surface area contributed by atoms with Crippen molar-refractivity contribution >= 4 is 61.9 Å². The van der Waals surface area contributed by atoms with Crippen LogP contribution in [0.3, 0.4) is 0 Å². The first-order valence-electron chi connectivity index (χ1n) is 10.2. The second kappa shape index (κ2) is 9.81. The van der Waals surface area contributed by atoms with Gasteiger partial charge in [-0.2, -0.15) is 0 Å². The Morgan fingerprint density at radius 2 is 1.81 bits per heavy atom. The predicted molar refractivity (Wildman–Crippen MR) is 132 cm³/mol. The van der Waals surface area contributed by atoms with Crippen molar-refractivity contribution in [3.05, 3.63) is 74.1 Å². The van der Waals surface area contributed by atoms with E-state index < -0.39 is 4.92 Å². The summed E-state index contributed by atoms with van der Waals surface area (Å²) in [6, 6.07) is 14.7. The quantitative estimate of drug-likeness (QED) is 0.327. The molecule has 0 aliphatic carbocycles. The molecule has 0 saturated carbocycles. The zero-order valence-electron chi connectivity index (χ0n) is 17.1. The number of hydrogen-bond acceptors (Lipinski definition) is 5. The molecule has 7 nitrogen and oxygen atoms in total. The molecule has 1 aliphatic heterocycles. The van der Waals surface area contributed by atoms with Crippen molar-refractivity contribution in [3.8, 4) is 0 Å². The van der Waals surface area contributed by atoms with Crippen LogP contribution in [0.1, 0.15) is 15.2 Å². The van der Waals surface area contributed by atoms with Gasteiger partial charge in [0, 0.05) is 54.9 Å². The number of thiocarbonyl (C=S) groups is 1. The Morgan fingerprint density at radius 1 is 1.12 bits per heavy atom. The minimum Gasteiger partial charge on any atom is -0.362 e. The van der Waals surface area contributed by atoms with Gasteiger partial charge in [0.05, 0.1) is 9.95 Å². The number of nitrogens with zero attached hydrogens (tertiary/aromatic N) is 3. The lowest BCUT2D eigenvalue weighted by Crippen LogP contribution is -2.53. The number of hydrogen-bond donors (Lipinski definition) is 1. The molecule has 0 radical (unpaired) electrons. The van der Waals surface area contributed by atoms with Crippen LogP contribution in [-0.4, -0.2) is 58.5 Å². The van der Waals surface area contributed by atoms with Crippen LogP contribution in [0.5, 0.6) is 0 Å². The fourth-order valence-corrected chi connectivity index (χ4v) is 5.43. The third-order valence-electron chi connectivity index (χ3n) is 5.40. The van der Waals surface area contributed by atoms with E-state index in [-0.39, 0.29) is 11.6 Å². The molecule has 2 heterocycles. The molecular weight excluding hydrogens is 468 g/mol. The number of benzene rings is 2. The number of nitrogens with one attached hydrogen (secondary N) is 1. The highest BCUT2D eigenvalue weighted by atomic mass is 35.5. The summed E-state index contributed by atoms with van der Waals surface area (Å²) in [5, 5.41) is 16.0. The Morgan fingerprint density at radius 3 is 2.50 bits per heavy atom. The van der Waals surface area contributed by atoms with Gasteiger partial charge in [0.2, 0.25) is 0 Å². The Hall–Kier alpha value is -2.75. The number of amides is 1. The molecular formula is C22H21ClN4O3S2. The SMILES string of the molecule is O=C(c1sc2cc([N+](=O)[O-])ccc2c1Cl)N1CCN(C(=S)NCCc2ccccc2)CC1. The molecule has 0 unspecified atom stereocenters. The second-order valence-corrected chi connectivity index (χ2v) is 9.25. The van der Waals surface area contributed by atoms with Gasteiger partial charge in [-0.25, -0.2) is 0 Å². The summed E-state index contributed by atoms with van der Waals surface area (Å²) < 4.78 is 0.634. The van der Waals surface area contributed by atoms with Crippen molar-refractivity contribution in [1.82, 2.24) is 15.1 Å². The van der Waals surface area contributed by atoms with Crippen molar-refractivity contribution in [1.29, 1.82) is 0 Å². The van der Waals surface area contributed by atoms with Crippen LogP contribution in [0.4, 0.5) is 5.69 Å². The Bertz CT molecular complexity index is 1160. The Labute approximate surface area is 199 Å². The summed E-state index contributed by atoms with van der Waals surface area (Å²) in [4.78, 5) is 27.9. The highest BCUT2D eigenvalue weighted by Crippen LogP contribution is 2.38. The number of carbonyl (C=O) groups excluding carboxylic acids is 1. The van der Waals surface area contributed by atoms with Crippen LogP contribution in [0.25, 0.3) is 10.1 Å². The van der Waals surface area contributed by atoms with Crippen molar-refractivity contribution in [2.45, 2.75) is 6.42 Å². The summed E-state index contributed by atoms with van der Waals surface area (Å²) in [5.41, 5.74) is 1.24. The summed E-state index contributed by atoms with van der Waals surface area (Å²) in [7, 11) is 0. The Kier molecular flexibility index (Phi) is 6.88. The maximum atomic E-state index is 13.1. The maximum Gasteiger partial charge on any atom is 0.270 e. The second-order valence-electron chi connectivity index (χ2n) is 7.43. The van der Waals surface area contributed by atoms with Crippen LogP contribution in [0, 0.1) is 10.1 Å². The molecule has 32 heavy (non-hydrogen) atoms. The summed E-state index contributed by atoms with van der Waals surface area (Å²) >= 11 is 13.2. The smallest absolute Gasteiger partial charge is 0.270 e. The van der Waals surface area contributed by atoms with Gasteiger partial charge >= 0.3 is 0 Å². The number of halogens is 1. The minimum atomic E-state index is -0.454. The molecule has 3 aromatic rings. The van der Waals surface area contributed by atoms with E-state index in [9.17, 15) is 14.9 Å². The number of thiophene rings is 1. The summed E-state index contributed by atoms with van der Waals surface area (Å²) in [6.45, 7) is 3.09. The highest BCUT2D eigenvalue weighted by molar-refractivity contribution is 7.80. The fourth-order valence-electron chi connectivity index (χ4n) is 3.63. The average Bonchev–Trinajstić information content (AvgIpc) is 3.15. The molecule has 1 amide bonds. The molecule has 0 bridgehead atoms. The van der Waals surface area contributed by atoms with Crippen LogP contribution in [0.2, 0.25) is 5.02 Å². The highest BCUT2D eigenvalue weighted by Gasteiger charge is 2.27. The standard InChI is InChI=1S/C22H21ClN4O3S2/c23-19-17-7-6-16(27(29)30)14-18(17)32-20(19)21(28)25-10-12-26(13-11-25)22(31)24-9-8-15-4-2-1-3-5-15/h1-7,14H,8-13H2,(H,24,31). The van der Waals surface area contributed by atoms with Gasteiger partial charge in [-0.05, 0) is 30.3 Å². The van der Waals surface area contributed by atoms with Crippen molar-refractivity contribution in [2.75, 3.05) is 32.7 Å². The summed E-state index contributed by atoms with van der Waals surface area (Å²) in [5.74, 6) is -0.151. The predicted octanol–water partition coefficient (Wildman–Crippen LogP) is 4.34. The number of piperazine rings is 1. The number of nitro benzene ring substituents is 1. The van der Waals surface area contributed by atoms with Gasteiger partial charge < -0.3 is 15.1 Å². The van der Waals surface area contributed by atoms with E-state index in [1.807, 2.05) is 18.2 Å². The molecule has 1 saturated heterocycles. The van der Waals surface area contributed by atoms with E-state index in [1.165, 1.54) is 29.0 Å². The zero-order valence-corrected chi connectivity index (χ0v) is 19.5. The van der Waals surface area contributed by atoms with E-state index in [0.29, 0.717) is 51.3 Å². The molecule has 2 aromatic carbocycles. The average molecular weight is 489 g/mol. The largest absolute Gasteiger partial charge is 0.362 e. The maximum absolute atomic E-state index is 13.1.